The van der Waals surface area contributed by atoms with Gasteiger partial charge in [0.25, 0.3) is 11.8 Å². The topological polar surface area (TPSA) is 109 Å². The first-order chi connectivity index (χ1) is 16.1. The maximum atomic E-state index is 14.3. The van der Waals surface area contributed by atoms with Gasteiger partial charge in [0, 0.05) is 24.3 Å². The normalized spacial score (nSPS) is 11.5. The molecule has 0 spiro atoms. The summed E-state index contributed by atoms with van der Waals surface area (Å²) in [6.07, 6.45) is 1.36. The van der Waals surface area contributed by atoms with Crippen LogP contribution in [0.5, 0.6) is 0 Å². The molecule has 180 valence electrons. The second kappa shape index (κ2) is 10.2. The number of hydrogen-bond donors (Lipinski definition) is 2. The smallest absolute Gasteiger partial charge is 0.259 e. The minimum absolute atomic E-state index is 0.00879. The Morgan fingerprint density at radius 2 is 1.62 bits per heavy atom. The Morgan fingerprint density at radius 1 is 0.941 bits per heavy atom. The molecule has 0 bridgehead atoms. The second-order valence-corrected chi connectivity index (χ2v) is 9.50. The van der Waals surface area contributed by atoms with E-state index in [1.807, 2.05) is 0 Å². The highest BCUT2D eigenvalue weighted by Crippen LogP contribution is 2.24. The number of hydrogen-bond acceptors (Lipinski definition) is 5. The summed E-state index contributed by atoms with van der Waals surface area (Å²) in [4.78, 5) is 25.4. The van der Waals surface area contributed by atoms with Crippen LogP contribution < -0.4 is 10.6 Å². The zero-order valence-electron chi connectivity index (χ0n) is 19.3. The van der Waals surface area contributed by atoms with Crippen molar-refractivity contribution in [3.8, 4) is 0 Å². The van der Waals surface area contributed by atoms with Gasteiger partial charge in [0.1, 0.15) is 11.6 Å². The Balaban J connectivity index is 1.85. The Kier molecular flexibility index (Phi) is 7.53. The fourth-order valence-corrected chi connectivity index (χ4v) is 4.91. The summed E-state index contributed by atoms with van der Waals surface area (Å²) in [5.74, 6) is -1.42. The average molecular weight is 488 g/mol. The summed E-state index contributed by atoms with van der Waals surface area (Å²) in [6.45, 7) is 7.38. The van der Waals surface area contributed by atoms with Crippen LogP contribution >= 0.6 is 0 Å². The van der Waals surface area contributed by atoms with Crippen LogP contribution in [-0.2, 0) is 10.0 Å². The zero-order valence-corrected chi connectivity index (χ0v) is 20.1. The van der Waals surface area contributed by atoms with Gasteiger partial charge < -0.3 is 15.1 Å². The minimum Gasteiger partial charge on any atom is -0.469 e. The molecule has 3 rings (SSSR count). The van der Waals surface area contributed by atoms with E-state index in [0.717, 1.165) is 6.07 Å². The van der Waals surface area contributed by atoms with Gasteiger partial charge in [-0.05, 0) is 55.8 Å². The van der Waals surface area contributed by atoms with Crippen LogP contribution in [0.15, 0.2) is 58.0 Å². The van der Waals surface area contributed by atoms with E-state index < -0.39 is 27.7 Å². The van der Waals surface area contributed by atoms with Crippen molar-refractivity contribution >= 4 is 33.2 Å². The fourth-order valence-electron chi connectivity index (χ4n) is 3.43. The Labute approximate surface area is 197 Å². The lowest BCUT2D eigenvalue weighted by Crippen LogP contribution is -2.30. The molecule has 0 aliphatic heterocycles. The van der Waals surface area contributed by atoms with Gasteiger partial charge >= 0.3 is 0 Å². The molecular formula is C24H26FN3O5S. The summed E-state index contributed by atoms with van der Waals surface area (Å²) in [6, 6.07) is 9.56. The second-order valence-electron chi connectivity index (χ2n) is 7.56. The predicted molar refractivity (Wildman–Crippen MR) is 127 cm³/mol. The van der Waals surface area contributed by atoms with Crippen LogP contribution in [0.25, 0.3) is 0 Å². The summed E-state index contributed by atoms with van der Waals surface area (Å²) in [5.41, 5.74) is 1.09. The van der Waals surface area contributed by atoms with Crippen LogP contribution in [0.2, 0.25) is 0 Å². The molecule has 2 amide bonds. The third-order valence-corrected chi connectivity index (χ3v) is 7.42. The number of anilines is 2. The third-order valence-electron chi connectivity index (χ3n) is 5.37. The van der Waals surface area contributed by atoms with Gasteiger partial charge in [-0.25, -0.2) is 12.8 Å². The number of nitrogens with one attached hydrogen (secondary N) is 2. The van der Waals surface area contributed by atoms with Crippen LogP contribution in [0.4, 0.5) is 15.8 Å². The van der Waals surface area contributed by atoms with Crippen LogP contribution in [0.1, 0.15) is 45.9 Å². The molecule has 0 aliphatic carbocycles. The van der Waals surface area contributed by atoms with E-state index in [0.29, 0.717) is 24.4 Å². The maximum absolute atomic E-state index is 14.3. The van der Waals surface area contributed by atoms with E-state index in [1.165, 1.54) is 40.9 Å². The minimum atomic E-state index is -3.75. The van der Waals surface area contributed by atoms with E-state index in [-0.39, 0.29) is 27.4 Å². The largest absolute Gasteiger partial charge is 0.469 e. The molecule has 0 aliphatic rings. The molecule has 3 aromatic rings. The molecule has 8 nitrogen and oxygen atoms in total. The maximum Gasteiger partial charge on any atom is 0.259 e. The molecular weight excluding hydrogens is 461 g/mol. The van der Waals surface area contributed by atoms with Crippen molar-refractivity contribution in [2.45, 2.75) is 32.6 Å². The van der Waals surface area contributed by atoms with Crippen molar-refractivity contribution in [3.63, 3.8) is 0 Å². The fraction of sp³-hybridized carbons (Fsp3) is 0.250. The number of rotatable bonds is 8. The first-order valence-electron chi connectivity index (χ1n) is 10.7. The van der Waals surface area contributed by atoms with Gasteiger partial charge in [-0.3, -0.25) is 9.59 Å². The van der Waals surface area contributed by atoms with Crippen LogP contribution in [-0.4, -0.2) is 37.6 Å². The third kappa shape index (κ3) is 5.18. The molecule has 10 heteroatoms. The average Bonchev–Trinajstić information content (AvgIpc) is 3.22. The summed E-state index contributed by atoms with van der Waals surface area (Å²) < 4.78 is 46.4. The number of carbonyl (C=O) groups is 2. The van der Waals surface area contributed by atoms with E-state index in [9.17, 15) is 22.4 Å². The Bertz CT molecular complexity index is 1330. The predicted octanol–water partition coefficient (Wildman–Crippen LogP) is 4.57. The lowest BCUT2D eigenvalue weighted by molar-refractivity contribution is 0.101. The lowest BCUT2D eigenvalue weighted by atomic mass is 10.1. The molecule has 0 saturated carbocycles. The molecule has 0 radical (unpaired) electrons. The number of furan rings is 1. The van der Waals surface area contributed by atoms with Crippen molar-refractivity contribution in [2.75, 3.05) is 23.7 Å². The molecule has 0 saturated heterocycles. The highest BCUT2D eigenvalue weighted by atomic mass is 32.2. The van der Waals surface area contributed by atoms with Gasteiger partial charge in [0.2, 0.25) is 10.0 Å². The molecule has 2 aromatic carbocycles. The van der Waals surface area contributed by atoms with E-state index in [1.54, 1.807) is 33.8 Å². The van der Waals surface area contributed by atoms with Crippen molar-refractivity contribution < 1.29 is 26.8 Å². The zero-order chi connectivity index (χ0) is 25.0. The monoisotopic (exact) mass is 487 g/mol. The highest BCUT2D eigenvalue weighted by Gasteiger charge is 2.23. The Hall–Kier alpha value is -3.50. The van der Waals surface area contributed by atoms with Gasteiger partial charge in [0.05, 0.1) is 22.4 Å². The number of nitrogens with zero attached hydrogens (tertiary/aromatic N) is 1. The number of halogens is 1. The van der Waals surface area contributed by atoms with Crippen molar-refractivity contribution in [3.05, 3.63) is 77.0 Å². The quantitative estimate of drug-likeness (QED) is 0.484. The number of sulfonamides is 1. The summed E-state index contributed by atoms with van der Waals surface area (Å²) in [7, 11) is -3.75. The van der Waals surface area contributed by atoms with E-state index in [4.69, 9.17) is 4.42 Å². The lowest BCUT2D eigenvalue weighted by Gasteiger charge is -2.19. The van der Waals surface area contributed by atoms with Gasteiger partial charge in [-0.2, -0.15) is 4.31 Å². The van der Waals surface area contributed by atoms with Crippen molar-refractivity contribution in [1.82, 2.24) is 4.31 Å². The molecule has 1 heterocycles. The van der Waals surface area contributed by atoms with E-state index >= 15 is 0 Å². The first kappa shape index (κ1) is 25.1. The van der Waals surface area contributed by atoms with Crippen molar-refractivity contribution in [2.24, 2.45) is 0 Å². The number of aryl methyl sites for hydroxylation is 2. The molecule has 0 unspecified atom stereocenters. The highest BCUT2D eigenvalue weighted by molar-refractivity contribution is 7.89. The molecule has 2 N–H and O–H groups in total. The molecule has 0 atom stereocenters. The van der Waals surface area contributed by atoms with E-state index in [2.05, 4.69) is 10.6 Å². The van der Waals surface area contributed by atoms with Gasteiger partial charge in [-0.15, -0.1) is 0 Å². The molecule has 0 fully saturated rings. The van der Waals surface area contributed by atoms with Crippen LogP contribution in [0.3, 0.4) is 0 Å². The first-order valence-corrected chi connectivity index (χ1v) is 12.1. The van der Waals surface area contributed by atoms with Gasteiger partial charge in [-0.1, -0.05) is 19.9 Å². The number of benzene rings is 2. The molecule has 34 heavy (non-hydrogen) atoms. The number of amides is 2. The Morgan fingerprint density at radius 3 is 2.24 bits per heavy atom. The summed E-state index contributed by atoms with van der Waals surface area (Å²) in [5, 5.41) is 5.10. The number of carbonyl (C=O) groups excluding carboxylic acids is 2. The SMILES string of the molecule is CCN(CC)S(=O)(=O)c1ccc(C)c(C(=O)Nc2ccc(F)c(NC(=O)c3ccoc3C)c2)c1. The molecule has 1 aromatic heterocycles. The van der Waals surface area contributed by atoms with Crippen molar-refractivity contribution in [1.29, 1.82) is 0 Å². The van der Waals surface area contributed by atoms with Gasteiger partial charge in [0.15, 0.2) is 0 Å². The summed E-state index contributed by atoms with van der Waals surface area (Å²) >= 11 is 0. The standard InChI is InChI=1S/C24H26FN3O5S/c1-5-28(6-2)34(31,32)18-9-7-15(3)20(14-18)24(30)26-17-8-10-21(25)22(13-17)27-23(29)19-11-12-33-16(19)4/h7-14H,5-6H2,1-4H3,(H,26,30)(H,27,29). The van der Waals surface area contributed by atoms with Crippen LogP contribution in [0, 0.1) is 19.7 Å².